The molecule has 0 spiro atoms. The smallest absolute Gasteiger partial charge is 0.0980 e. The Hall–Kier alpha value is -1.76. The molecule has 62 valence electrons. The summed E-state index contributed by atoms with van der Waals surface area (Å²) in [6, 6.07) is 12.6. The van der Waals surface area contributed by atoms with Crippen LogP contribution in [0.1, 0.15) is 0 Å². The van der Waals surface area contributed by atoms with Crippen LogP contribution in [0.4, 0.5) is 0 Å². The topological polar surface area (TPSA) is 13.1 Å². The lowest BCUT2D eigenvalue weighted by atomic mass is 10.1. The van der Waals surface area contributed by atoms with Gasteiger partial charge in [0.05, 0.1) is 12.5 Å². The van der Waals surface area contributed by atoms with Gasteiger partial charge in [0.15, 0.2) is 0 Å². The number of fused-ring (bicyclic) bond motifs is 2. The molecule has 0 bridgehead atoms. The highest BCUT2D eigenvalue weighted by Crippen LogP contribution is 2.22. The summed E-state index contributed by atoms with van der Waals surface area (Å²) in [5.41, 5.74) is 0. The van der Waals surface area contributed by atoms with E-state index in [-0.39, 0.29) is 0 Å². The van der Waals surface area contributed by atoms with Gasteiger partial charge in [-0.05, 0) is 34.4 Å². The summed E-state index contributed by atoms with van der Waals surface area (Å²) in [5.74, 6) is 0. The van der Waals surface area contributed by atoms with Gasteiger partial charge in [-0.2, -0.15) is 0 Å². The Balaban J connectivity index is 2.57. The summed E-state index contributed by atoms with van der Waals surface area (Å²) in [4.78, 5) is 0. The number of rotatable bonds is 0. The second-order valence-corrected chi connectivity index (χ2v) is 3.19. The minimum Gasteiger partial charge on any atom is -0.472 e. The van der Waals surface area contributed by atoms with Crippen LogP contribution in [0.5, 0.6) is 0 Å². The highest BCUT2D eigenvalue weighted by atomic mass is 16.3. The molecule has 3 aromatic rings. The van der Waals surface area contributed by atoms with E-state index in [1.807, 2.05) is 6.07 Å². The largest absolute Gasteiger partial charge is 0.472 e. The maximum absolute atomic E-state index is 5.12. The van der Waals surface area contributed by atoms with Crippen LogP contribution in [0.15, 0.2) is 53.3 Å². The fraction of sp³-hybridized carbons (Fsp3) is 0. The quantitative estimate of drug-likeness (QED) is 0.500. The Labute approximate surface area is 75.6 Å². The van der Waals surface area contributed by atoms with Crippen molar-refractivity contribution >= 4 is 21.5 Å². The minimum absolute atomic E-state index is 1.15. The van der Waals surface area contributed by atoms with Crippen LogP contribution in [0.2, 0.25) is 0 Å². The Bertz CT molecular complexity index is 514. The van der Waals surface area contributed by atoms with Gasteiger partial charge in [-0.15, -0.1) is 0 Å². The Morgan fingerprint density at radius 2 is 1.46 bits per heavy atom. The first-order valence-corrected chi connectivity index (χ1v) is 4.28. The summed E-state index contributed by atoms with van der Waals surface area (Å²) < 4.78 is 5.12. The molecule has 13 heavy (non-hydrogen) atoms. The van der Waals surface area contributed by atoms with Crippen LogP contribution in [-0.4, -0.2) is 0 Å². The highest BCUT2D eigenvalue weighted by molar-refractivity contribution is 5.98. The van der Waals surface area contributed by atoms with Crippen molar-refractivity contribution in [3.63, 3.8) is 0 Å². The average molecular weight is 168 g/mol. The molecule has 0 amide bonds. The summed E-state index contributed by atoms with van der Waals surface area (Å²) in [5, 5.41) is 4.94. The molecule has 3 rings (SSSR count). The molecule has 0 fully saturated rings. The lowest BCUT2D eigenvalue weighted by Crippen LogP contribution is -1.70. The van der Waals surface area contributed by atoms with Crippen LogP contribution in [-0.2, 0) is 0 Å². The third kappa shape index (κ3) is 0.937. The van der Waals surface area contributed by atoms with Gasteiger partial charge in [0, 0.05) is 5.39 Å². The fourth-order valence-corrected chi connectivity index (χ4v) is 1.68. The zero-order chi connectivity index (χ0) is 8.67. The molecule has 0 unspecified atom stereocenters. The van der Waals surface area contributed by atoms with Crippen LogP contribution in [0, 0.1) is 0 Å². The zero-order valence-electron chi connectivity index (χ0n) is 7.03. The monoisotopic (exact) mass is 168 g/mol. The van der Waals surface area contributed by atoms with Crippen LogP contribution < -0.4 is 0 Å². The lowest BCUT2D eigenvalue weighted by molar-refractivity contribution is 0.557. The van der Waals surface area contributed by atoms with Crippen molar-refractivity contribution < 1.29 is 4.42 Å². The van der Waals surface area contributed by atoms with Gasteiger partial charge in [0.25, 0.3) is 0 Å². The molecule has 1 nitrogen and oxygen atoms in total. The molecular weight excluding hydrogens is 160 g/mol. The fourth-order valence-electron chi connectivity index (χ4n) is 1.68. The van der Waals surface area contributed by atoms with E-state index in [0.29, 0.717) is 0 Å². The van der Waals surface area contributed by atoms with Gasteiger partial charge < -0.3 is 4.42 Å². The molecule has 0 atom stereocenters. The van der Waals surface area contributed by atoms with E-state index >= 15 is 0 Å². The number of hydrogen-bond donors (Lipinski definition) is 0. The van der Waals surface area contributed by atoms with Crippen LogP contribution in [0.25, 0.3) is 21.5 Å². The van der Waals surface area contributed by atoms with Crippen molar-refractivity contribution in [1.82, 2.24) is 0 Å². The predicted molar refractivity (Wildman–Crippen MR) is 53.7 cm³/mol. The van der Waals surface area contributed by atoms with Gasteiger partial charge >= 0.3 is 0 Å². The number of benzene rings is 1. The Kier molecular flexibility index (Phi) is 1.22. The molecule has 0 radical (unpaired) electrons. The summed E-state index contributed by atoms with van der Waals surface area (Å²) in [6.07, 6.45) is 3.48. The number of hydrogen-bond acceptors (Lipinski definition) is 1. The van der Waals surface area contributed by atoms with Gasteiger partial charge in [0.2, 0.25) is 0 Å². The van der Waals surface area contributed by atoms with Crippen molar-refractivity contribution in [1.29, 1.82) is 0 Å². The van der Waals surface area contributed by atoms with E-state index in [9.17, 15) is 0 Å². The molecule has 0 saturated carbocycles. The van der Waals surface area contributed by atoms with E-state index in [0.717, 1.165) is 5.39 Å². The molecule has 0 aliphatic rings. The first-order valence-electron chi connectivity index (χ1n) is 4.28. The summed E-state index contributed by atoms with van der Waals surface area (Å²) >= 11 is 0. The van der Waals surface area contributed by atoms with Gasteiger partial charge in [-0.1, -0.05) is 18.2 Å². The van der Waals surface area contributed by atoms with Gasteiger partial charge in [-0.3, -0.25) is 0 Å². The molecule has 0 aliphatic carbocycles. The maximum atomic E-state index is 5.12. The second-order valence-electron chi connectivity index (χ2n) is 3.19. The molecule has 0 aliphatic heterocycles. The lowest BCUT2D eigenvalue weighted by Gasteiger charge is -1.96. The molecule has 0 saturated heterocycles. The standard InChI is InChI=1S/C12H8O/c1-2-9-6-11-4-5-13-8-12(11)7-10(9)3-1/h1-8H. The first kappa shape index (κ1) is 6.72. The van der Waals surface area contributed by atoms with E-state index in [4.69, 9.17) is 4.42 Å². The highest BCUT2D eigenvalue weighted by Gasteiger charge is 1.97. The maximum Gasteiger partial charge on any atom is 0.0980 e. The first-order chi connectivity index (χ1) is 6.43. The average Bonchev–Trinajstić information content (AvgIpc) is 2.61. The van der Waals surface area contributed by atoms with E-state index in [1.165, 1.54) is 16.2 Å². The Morgan fingerprint density at radius 3 is 2.31 bits per heavy atom. The van der Waals surface area contributed by atoms with E-state index in [2.05, 4.69) is 30.3 Å². The summed E-state index contributed by atoms with van der Waals surface area (Å²) in [7, 11) is 0. The minimum atomic E-state index is 1.15. The molecule has 1 heteroatoms. The zero-order valence-corrected chi connectivity index (χ0v) is 7.03. The molecule has 1 heterocycles. The Morgan fingerprint density at radius 1 is 0.769 bits per heavy atom. The van der Waals surface area contributed by atoms with Crippen molar-refractivity contribution in [2.24, 2.45) is 0 Å². The SMILES string of the molecule is c1cc2cc3ccocc3cc2c1. The van der Waals surface area contributed by atoms with Crippen molar-refractivity contribution in [3.05, 3.63) is 48.9 Å². The van der Waals surface area contributed by atoms with Crippen molar-refractivity contribution in [3.8, 4) is 0 Å². The van der Waals surface area contributed by atoms with E-state index < -0.39 is 0 Å². The third-order valence-electron chi connectivity index (χ3n) is 2.36. The van der Waals surface area contributed by atoms with Crippen LogP contribution >= 0.6 is 0 Å². The molecule has 1 aromatic heterocycles. The van der Waals surface area contributed by atoms with Gasteiger partial charge in [0.1, 0.15) is 0 Å². The van der Waals surface area contributed by atoms with Crippen molar-refractivity contribution in [2.75, 3.05) is 0 Å². The molecule has 2 aromatic carbocycles. The molecular formula is C12H8O. The van der Waals surface area contributed by atoms with E-state index in [1.54, 1.807) is 12.5 Å². The van der Waals surface area contributed by atoms with Crippen LogP contribution in [0.3, 0.4) is 0 Å². The van der Waals surface area contributed by atoms with Gasteiger partial charge in [-0.25, -0.2) is 0 Å². The molecule has 0 N–H and O–H groups in total. The predicted octanol–water partition coefficient (Wildman–Crippen LogP) is 3.59. The second kappa shape index (κ2) is 2.36. The third-order valence-corrected chi connectivity index (χ3v) is 2.36. The summed E-state index contributed by atoms with van der Waals surface area (Å²) in [6.45, 7) is 0. The normalized spacial score (nSPS) is 11.1. The van der Waals surface area contributed by atoms with Crippen molar-refractivity contribution in [2.45, 2.75) is 0 Å².